The van der Waals surface area contributed by atoms with Crippen LogP contribution in [0.5, 0.6) is 0 Å². The van der Waals surface area contributed by atoms with Gasteiger partial charge in [-0.2, -0.15) is 0 Å². The van der Waals surface area contributed by atoms with Gasteiger partial charge in [0.05, 0.1) is 0 Å². The number of rotatable bonds is 4. The van der Waals surface area contributed by atoms with Crippen LogP contribution in [-0.2, 0) is 4.79 Å². The molecular weight excluding hydrogens is 242 g/mol. The van der Waals surface area contributed by atoms with Crippen molar-refractivity contribution in [1.82, 2.24) is 0 Å². The molecule has 0 aliphatic carbocycles. The van der Waals surface area contributed by atoms with Crippen molar-refractivity contribution in [3.05, 3.63) is 0 Å². The summed E-state index contributed by atoms with van der Waals surface area (Å²) in [5, 5.41) is 0. The van der Waals surface area contributed by atoms with Gasteiger partial charge in [-0.25, -0.2) is 0 Å². The summed E-state index contributed by atoms with van der Waals surface area (Å²) in [4.78, 5) is 11.1. The first kappa shape index (κ1) is 17.0. The Hall–Kier alpha value is 0.540. The summed E-state index contributed by atoms with van der Waals surface area (Å²) in [6, 6.07) is 0. The number of hydrogen-bond acceptors (Lipinski definition) is 1. The summed E-state index contributed by atoms with van der Waals surface area (Å²) in [6.45, 7) is 8.33. The molecule has 0 aromatic heterocycles. The van der Waals surface area contributed by atoms with Crippen LogP contribution in [0.25, 0.3) is 0 Å². The van der Waals surface area contributed by atoms with Gasteiger partial charge in [-0.3, -0.25) is 4.79 Å². The molecule has 0 atom stereocenters. The Morgan fingerprint density at radius 2 is 1.14 bits per heavy atom. The molecule has 0 saturated carbocycles. The van der Waals surface area contributed by atoms with Crippen LogP contribution in [0.3, 0.4) is 0 Å². The Bertz CT molecular complexity index is 130. The average molecular weight is 262 g/mol. The van der Waals surface area contributed by atoms with Crippen molar-refractivity contribution >= 4 is 40.6 Å². The maximum absolute atomic E-state index is 11.1. The van der Waals surface area contributed by atoms with Gasteiger partial charge in [0, 0.05) is 12.8 Å². The summed E-state index contributed by atoms with van der Waals surface area (Å²) in [5.41, 5.74) is 0. The third-order valence-electron chi connectivity index (χ3n) is 1.27. The van der Waals surface area contributed by atoms with E-state index in [0.717, 1.165) is 12.8 Å². The molecule has 0 fully saturated rings. The molecule has 0 saturated heterocycles. The summed E-state index contributed by atoms with van der Waals surface area (Å²) in [7, 11) is 0. The van der Waals surface area contributed by atoms with E-state index in [2.05, 4.69) is 27.7 Å². The SMILES string of the molecule is CC(C)CC(=O)CC(C)C.ClC(Cl)Cl. The lowest BCUT2D eigenvalue weighted by Crippen LogP contribution is -2.05. The number of Topliss-reactive ketones (excluding diaryl/α,β-unsaturated/α-hetero) is 1. The highest BCUT2D eigenvalue weighted by Gasteiger charge is 2.06. The number of carbonyl (C=O) groups is 1. The Morgan fingerprint density at radius 3 is 1.29 bits per heavy atom. The van der Waals surface area contributed by atoms with Crippen molar-refractivity contribution in [3.63, 3.8) is 0 Å². The lowest BCUT2D eigenvalue weighted by Gasteiger charge is -2.05. The Balaban J connectivity index is 0. The minimum Gasteiger partial charge on any atom is -0.300 e. The smallest absolute Gasteiger partial charge is 0.180 e. The molecule has 0 radical (unpaired) electrons. The first-order valence-corrected chi connectivity index (χ1v) is 6.00. The third-order valence-corrected chi connectivity index (χ3v) is 1.27. The molecular formula is C10H19Cl3O. The van der Waals surface area contributed by atoms with Crippen molar-refractivity contribution in [2.45, 2.75) is 44.8 Å². The van der Waals surface area contributed by atoms with Crippen LogP contribution in [0.4, 0.5) is 0 Å². The molecule has 14 heavy (non-hydrogen) atoms. The van der Waals surface area contributed by atoms with Gasteiger partial charge in [0.25, 0.3) is 0 Å². The fourth-order valence-corrected chi connectivity index (χ4v) is 0.994. The monoisotopic (exact) mass is 260 g/mol. The highest BCUT2D eigenvalue weighted by Crippen LogP contribution is 2.07. The molecule has 0 N–H and O–H groups in total. The van der Waals surface area contributed by atoms with Crippen LogP contribution in [-0.4, -0.2) is 10.1 Å². The van der Waals surface area contributed by atoms with E-state index in [9.17, 15) is 4.79 Å². The average Bonchev–Trinajstić information content (AvgIpc) is 1.79. The normalized spacial score (nSPS) is 10.4. The van der Waals surface area contributed by atoms with Crippen molar-refractivity contribution in [2.24, 2.45) is 11.8 Å². The summed E-state index contributed by atoms with van der Waals surface area (Å²) >= 11 is 14.4. The summed E-state index contributed by atoms with van der Waals surface area (Å²) in [6.07, 6.45) is 1.50. The molecule has 4 heteroatoms. The predicted molar refractivity (Wildman–Crippen MR) is 65.3 cm³/mol. The van der Waals surface area contributed by atoms with Gasteiger partial charge in [-0.05, 0) is 11.8 Å². The van der Waals surface area contributed by atoms with Gasteiger partial charge in [-0.1, -0.05) is 62.5 Å². The zero-order valence-electron chi connectivity index (χ0n) is 9.19. The first-order valence-electron chi connectivity index (χ1n) is 4.69. The largest absolute Gasteiger partial charge is 0.300 e. The van der Waals surface area contributed by atoms with Crippen LogP contribution in [0.2, 0.25) is 0 Å². The quantitative estimate of drug-likeness (QED) is 0.674. The van der Waals surface area contributed by atoms with Gasteiger partial charge in [0.1, 0.15) is 5.78 Å². The van der Waals surface area contributed by atoms with Crippen molar-refractivity contribution in [2.75, 3.05) is 0 Å². The van der Waals surface area contributed by atoms with Gasteiger partial charge < -0.3 is 0 Å². The molecule has 86 valence electrons. The van der Waals surface area contributed by atoms with Crippen LogP contribution in [0.15, 0.2) is 0 Å². The number of alkyl halides is 3. The Kier molecular flexibility index (Phi) is 12.2. The van der Waals surface area contributed by atoms with Crippen LogP contribution in [0, 0.1) is 11.8 Å². The number of halogens is 3. The standard InChI is InChI=1S/C9H18O.CHCl3/c1-7(2)5-9(10)6-8(3)4;2-1(3)4/h7-8H,5-6H2,1-4H3;1H. The zero-order valence-corrected chi connectivity index (χ0v) is 11.5. The Morgan fingerprint density at radius 1 is 0.929 bits per heavy atom. The maximum Gasteiger partial charge on any atom is 0.180 e. The highest BCUT2D eigenvalue weighted by molar-refractivity contribution is 6.63. The molecule has 0 aromatic rings. The second kappa shape index (κ2) is 10.1. The van der Waals surface area contributed by atoms with Crippen LogP contribution >= 0.6 is 34.8 Å². The second-order valence-electron chi connectivity index (χ2n) is 3.98. The molecule has 0 aliphatic heterocycles. The van der Waals surface area contributed by atoms with E-state index in [1.165, 1.54) is 0 Å². The van der Waals surface area contributed by atoms with E-state index in [1.54, 1.807) is 0 Å². The molecule has 0 spiro atoms. The van der Waals surface area contributed by atoms with E-state index in [0.29, 0.717) is 17.6 Å². The molecule has 0 unspecified atom stereocenters. The lowest BCUT2D eigenvalue weighted by molar-refractivity contribution is -0.120. The topological polar surface area (TPSA) is 17.1 Å². The minimum absolute atomic E-state index is 0.407. The number of hydrogen-bond donors (Lipinski definition) is 0. The van der Waals surface area contributed by atoms with Gasteiger partial charge >= 0.3 is 0 Å². The van der Waals surface area contributed by atoms with E-state index in [1.807, 2.05) is 0 Å². The van der Waals surface area contributed by atoms with E-state index in [4.69, 9.17) is 34.8 Å². The molecule has 0 bridgehead atoms. The molecule has 0 amide bonds. The van der Waals surface area contributed by atoms with Crippen molar-refractivity contribution in [1.29, 1.82) is 0 Å². The highest BCUT2D eigenvalue weighted by atomic mass is 35.6. The van der Waals surface area contributed by atoms with Gasteiger partial charge in [-0.15, -0.1) is 0 Å². The van der Waals surface area contributed by atoms with E-state index in [-0.39, 0.29) is 0 Å². The predicted octanol–water partition coefficient (Wildman–Crippen LogP) is 4.63. The van der Waals surface area contributed by atoms with Crippen LogP contribution < -0.4 is 0 Å². The molecule has 1 nitrogen and oxygen atoms in total. The van der Waals surface area contributed by atoms with Crippen LogP contribution in [0.1, 0.15) is 40.5 Å². The molecule has 0 aliphatic rings. The van der Waals surface area contributed by atoms with E-state index >= 15 is 0 Å². The number of carbonyl (C=O) groups excluding carboxylic acids is 1. The molecule has 0 heterocycles. The second-order valence-corrected chi connectivity index (χ2v) is 5.96. The fourth-order valence-electron chi connectivity index (χ4n) is 0.994. The van der Waals surface area contributed by atoms with Gasteiger partial charge in [0.2, 0.25) is 0 Å². The fraction of sp³-hybridized carbons (Fsp3) is 0.900. The zero-order chi connectivity index (χ0) is 11.7. The third kappa shape index (κ3) is 22.9. The summed E-state index contributed by atoms with van der Waals surface area (Å²) < 4.78 is -0.750. The minimum atomic E-state index is -0.750. The first-order chi connectivity index (χ1) is 6.25. The molecule has 0 aromatic carbocycles. The lowest BCUT2D eigenvalue weighted by atomic mass is 10.00. The Labute approximate surface area is 102 Å². The maximum atomic E-state index is 11.1. The summed E-state index contributed by atoms with van der Waals surface area (Å²) in [5.74, 6) is 1.45. The molecule has 0 rings (SSSR count). The van der Waals surface area contributed by atoms with Crippen molar-refractivity contribution in [3.8, 4) is 0 Å². The number of ketones is 1. The van der Waals surface area contributed by atoms with Gasteiger partial charge in [0.15, 0.2) is 4.30 Å². The van der Waals surface area contributed by atoms with Crippen molar-refractivity contribution < 1.29 is 4.79 Å². The van der Waals surface area contributed by atoms with E-state index < -0.39 is 4.30 Å².